The van der Waals surface area contributed by atoms with E-state index in [1.54, 1.807) is 12.1 Å². The van der Waals surface area contributed by atoms with Crippen LogP contribution in [0.3, 0.4) is 0 Å². The second kappa shape index (κ2) is 5.72. The van der Waals surface area contributed by atoms with Crippen molar-refractivity contribution in [2.75, 3.05) is 0 Å². The van der Waals surface area contributed by atoms with Crippen LogP contribution in [-0.4, -0.2) is 22.8 Å². The van der Waals surface area contributed by atoms with Gasteiger partial charge in [-0.2, -0.15) is 0 Å². The van der Waals surface area contributed by atoms with Crippen LogP contribution in [0.2, 0.25) is 0 Å². The predicted molar refractivity (Wildman–Crippen MR) is 88.8 cm³/mol. The Kier molecular flexibility index (Phi) is 3.66. The second-order valence-electron chi connectivity index (χ2n) is 6.69. The fourth-order valence-electron chi connectivity index (χ4n) is 3.65. The summed E-state index contributed by atoms with van der Waals surface area (Å²) in [5.41, 5.74) is 1.56. The maximum absolute atomic E-state index is 12.5. The summed E-state index contributed by atoms with van der Waals surface area (Å²) >= 11 is 0. The van der Waals surface area contributed by atoms with Gasteiger partial charge in [0, 0.05) is 12.3 Å². The molecule has 2 aromatic carbocycles. The van der Waals surface area contributed by atoms with Gasteiger partial charge in [-0.15, -0.1) is 0 Å². The molecule has 2 aliphatic heterocycles. The van der Waals surface area contributed by atoms with Crippen LogP contribution in [0.15, 0.2) is 54.6 Å². The Labute approximate surface area is 141 Å². The van der Waals surface area contributed by atoms with E-state index in [9.17, 15) is 9.90 Å². The number of hydrogen-bond acceptors (Lipinski definition) is 4. The number of ether oxygens (including phenoxy) is 2. The van der Waals surface area contributed by atoms with Gasteiger partial charge in [0.05, 0.1) is 24.2 Å². The van der Waals surface area contributed by atoms with E-state index in [-0.39, 0.29) is 30.6 Å². The molecule has 1 spiro atoms. The van der Waals surface area contributed by atoms with Gasteiger partial charge in [-0.1, -0.05) is 49.4 Å². The molecule has 1 N–H and O–H groups in total. The van der Waals surface area contributed by atoms with Crippen LogP contribution in [0.4, 0.5) is 0 Å². The molecule has 124 valence electrons. The molecule has 4 heteroatoms. The minimum atomic E-state index is -1.10. The average molecular weight is 324 g/mol. The van der Waals surface area contributed by atoms with E-state index in [4.69, 9.17) is 9.47 Å². The lowest BCUT2D eigenvalue weighted by Gasteiger charge is -2.47. The summed E-state index contributed by atoms with van der Waals surface area (Å²) < 4.78 is 12.4. The first-order valence-corrected chi connectivity index (χ1v) is 8.30. The Bertz CT molecular complexity index is 757. The highest BCUT2D eigenvalue weighted by Gasteiger charge is 2.50. The highest BCUT2D eigenvalue weighted by molar-refractivity contribution is 6.00. The third kappa shape index (κ3) is 2.52. The average Bonchev–Trinajstić information content (AvgIpc) is 2.59. The molecule has 0 aromatic heterocycles. The molecule has 0 radical (unpaired) electrons. The Morgan fingerprint density at radius 1 is 1.08 bits per heavy atom. The standard InChI is InChI=1S/C20H20O4/c1-13-16(21)11-20(24-19(13)14-7-3-2-4-8-14)12-17(22)15-9-5-6-10-18(15)23-20/h2-10,13,16,19,21H,11-12H2,1H3/t13-,16+,19-,20+/m1/s1. The molecule has 2 aliphatic rings. The van der Waals surface area contributed by atoms with E-state index in [0.717, 1.165) is 5.56 Å². The van der Waals surface area contributed by atoms with Crippen molar-refractivity contribution in [1.29, 1.82) is 0 Å². The molecule has 2 heterocycles. The van der Waals surface area contributed by atoms with Crippen LogP contribution >= 0.6 is 0 Å². The van der Waals surface area contributed by atoms with E-state index >= 15 is 0 Å². The molecule has 0 saturated carbocycles. The van der Waals surface area contributed by atoms with Gasteiger partial charge in [-0.3, -0.25) is 4.79 Å². The molecule has 2 aromatic rings. The fourth-order valence-corrected chi connectivity index (χ4v) is 3.65. The molecule has 4 nitrogen and oxygen atoms in total. The molecule has 24 heavy (non-hydrogen) atoms. The predicted octanol–water partition coefficient (Wildman–Crippen LogP) is 3.51. The summed E-state index contributed by atoms with van der Waals surface area (Å²) in [7, 11) is 0. The topological polar surface area (TPSA) is 55.8 Å². The van der Waals surface area contributed by atoms with Crippen molar-refractivity contribution in [2.45, 2.75) is 37.8 Å². The summed E-state index contributed by atoms with van der Waals surface area (Å²) in [5.74, 6) is -0.653. The van der Waals surface area contributed by atoms with Crippen molar-refractivity contribution < 1.29 is 19.4 Å². The number of aliphatic hydroxyl groups is 1. The molecule has 1 saturated heterocycles. The van der Waals surface area contributed by atoms with Crippen LogP contribution in [0, 0.1) is 5.92 Å². The number of benzene rings is 2. The van der Waals surface area contributed by atoms with Crippen molar-refractivity contribution in [3.05, 3.63) is 65.7 Å². The Balaban J connectivity index is 1.70. The minimum absolute atomic E-state index is 0.00888. The van der Waals surface area contributed by atoms with Gasteiger partial charge in [0.1, 0.15) is 5.75 Å². The summed E-state index contributed by atoms with van der Waals surface area (Å²) in [6.45, 7) is 1.97. The van der Waals surface area contributed by atoms with Crippen LogP contribution in [-0.2, 0) is 4.74 Å². The normalized spacial score (nSPS) is 32.2. The zero-order chi connectivity index (χ0) is 16.7. The lowest BCUT2D eigenvalue weighted by molar-refractivity contribution is -0.275. The second-order valence-corrected chi connectivity index (χ2v) is 6.69. The van der Waals surface area contributed by atoms with Crippen molar-refractivity contribution >= 4 is 5.78 Å². The summed E-state index contributed by atoms with van der Waals surface area (Å²) in [6.07, 6.45) is -0.496. The molecular formula is C20H20O4. The van der Waals surface area contributed by atoms with Crippen molar-refractivity contribution in [3.63, 3.8) is 0 Å². The Morgan fingerprint density at radius 3 is 2.58 bits per heavy atom. The SMILES string of the molecule is C[C@@H]1[C@@H](O)C[C@@]2(CC(=O)c3ccccc3O2)O[C@H]1c1ccccc1. The van der Waals surface area contributed by atoms with Crippen molar-refractivity contribution in [3.8, 4) is 5.75 Å². The van der Waals surface area contributed by atoms with Gasteiger partial charge in [0.25, 0.3) is 0 Å². The number of para-hydroxylation sites is 1. The summed E-state index contributed by atoms with van der Waals surface area (Å²) in [4.78, 5) is 12.5. The van der Waals surface area contributed by atoms with E-state index in [2.05, 4.69) is 0 Å². The quantitative estimate of drug-likeness (QED) is 0.872. The summed E-state index contributed by atoms with van der Waals surface area (Å²) in [5, 5.41) is 10.6. The molecule has 1 fully saturated rings. The van der Waals surface area contributed by atoms with Crippen molar-refractivity contribution in [1.82, 2.24) is 0 Å². The third-order valence-electron chi connectivity index (χ3n) is 4.99. The van der Waals surface area contributed by atoms with Crippen LogP contribution in [0.5, 0.6) is 5.75 Å². The number of carbonyl (C=O) groups is 1. The van der Waals surface area contributed by atoms with Gasteiger partial charge < -0.3 is 14.6 Å². The Morgan fingerprint density at radius 2 is 1.79 bits per heavy atom. The Hall–Kier alpha value is -2.17. The van der Waals surface area contributed by atoms with E-state index < -0.39 is 11.9 Å². The van der Waals surface area contributed by atoms with E-state index in [1.807, 2.05) is 49.4 Å². The highest BCUT2D eigenvalue weighted by atomic mass is 16.7. The molecule has 4 rings (SSSR count). The first kappa shape index (κ1) is 15.4. The zero-order valence-corrected chi connectivity index (χ0v) is 13.5. The zero-order valence-electron chi connectivity index (χ0n) is 13.5. The molecule has 0 bridgehead atoms. The van der Waals surface area contributed by atoms with Crippen molar-refractivity contribution in [2.24, 2.45) is 5.92 Å². The number of aliphatic hydroxyl groups excluding tert-OH is 1. The van der Waals surface area contributed by atoms with E-state index in [1.165, 1.54) is 0 Å². The number of fused-ring (bicyclic) bond motifs is 1. The monoisotopic (exact) mass is 324 g/mol. The highest BCUT2D eigenvalue weighted by Crippen LogP contribution is 2.46. The van der Waals surface area contributed by atoms with Gasteiger partial charge in [-0.25, -0.2) is 0 Å². The molecule has 0 amide bonds. The lowest BCUT2D eigenvalue weighted by atomic mass is 9.82. The minimum Gasteiger partial charge on any atom is -0.461 e. The number of rotatable bonds is 1. The molecular weight excluding hydrogens is 304 g/mol. The first-order chi connectivity index (χ1) is 11.6. The van der Waals surface area contributed by atoms with Gasteiger partial charge in [0.15, 0.2) is 5.78 Å². The number of ketones is 1. The van der Waals surface area contributed by atoms with Crippen LogP contribution in [0.1, 0.15) is 41.8 Å². The number of Topliss-reactive ketones (excluding diaryl/α,β-unsaturated/α-hetero) is 1. The molecule has 4 atom stereocenters. The van der Waals surface area contributed by atoms with Gasteiger partial charge in [0.2, 0.25) is 5.79 Å². The first-order valence-electron chi connectivity index (χ1n) is 8.30. The lowest BCUT2D eigenvalue weighted by Crippen LogP contribution is -2.53. The third-order valence-corrected chi connectivity index (χ3v) is 4.99. The molecule has 0 unspecified atom stereocenters. The van der Waals surface area contributed by atoms with Gasteiger partial charge >= 0.3 is 0 Å². The largest absolute Gasteiger partial charge is 0.461 e. The molecule has 0 aliphatic carbocycles. The summed E-state index contributed by atoms with van der Waals surface area (Å²) in [6, 6.07) is 17.0. The maximum Gasteiger partial charge on any atom is 0.221 e. The number of carbonyl (C=O) groups excluding carboxylic acids is 1. The number of hydrogen-bond donors (Lipinski definition) is 1. The fraction of sp³-hybridized carbons (Fsp3) is 0.350. The van der Waals surface area contributed by atoms with Crippen LogP contribution < -0.4 is 4.74 Å². The maximum atomic E-state index is 12.5. The smallest absolute Gasteiger partial charge is 0.221 e. The van der Waals surface area contributed by atoms with Crippen LogP contribution in [0.25, 0.3) is 0 Å². The van der Waals surface area contributed by atoms with E-state index in [0.29, 0.717) is 11.3 Å². The van der Waals surface area contributed by atoms with Gasteiger partial charge in [-0.05, 0) is 17.7 Å².